The predicted molar refractivity (Wildman–Crippen MR) is 84.8 cm³/mol. The lowest BCUT2D eigenvalue weighted by Crippen LogP contribution is -2.31. The highest BCUT2D eigenvalue weighted by Gasteiger charge is 2.27. The molecule has 0 aromatic heterocycles. The van der Waals surface area contributed by atoms with E-state index in [0.717, 1.165) is 19.6 Å². The van der Waals surface area contributed by atoms with E-state index in [2.05, 4.69) is 49.5 Å². The van der Waals surface area contributed by atoms with Gasteiger partial charge in [0.25, 0.3) is 0 Å². The van der Waals surface area contributed by atoms with Gasteiger partial charge < -0.3 is 10.1 Å². The molecule has 0 aliphatic carbocycles. The van der Waals surface area contributed by atoms with E-state index in [4.69, 9.17) is 4.74 Å². The monoisotopic (exact) mass is 275 g/mol. The zero-order chi connectivity index (χ0) is 14.2. The molecule has 1 aliphatic heterocycles. The van der Waals surface area contributed by atoms with Crippen molar-refractivity contribution in [1.29, 1.82) is 0 Å². The van der Waals surface area contributed by atoms with Crippen molar-refractivity contribution in [3.63, 3.8) is 0 Å². The van der Waals surface area contributed by atoms with Crippen LogP contribution >= 0.6 is 0 Å². The Bertz CT molecular complexity index is 365. The van der Waals surface area contributed by atoms with E-state index in [1.165, 1.54) is 31.2 Å². The fraction of sp³-hybridized carbons (Fsp3) is 0.667. The maximum atomic E-state index is 5.79. The second kappa shape index (κ2) is 8.43. The van der Waals surface area contributed by atoms with Crippen molar-refractivity contribution in [3.8, 4) is 0 Å². The Morgan fingerprint density at radius 3 is 2.75 bits per heavy atom. The average molecular weight is 275 g/mol. The Labute approximate surface area is 123 Å². The number of ether oxygens (including phenoxy) is 1. The largest absolute Gasteiger partial charge is 0.378 e. The van der Waals surface area contributed by atoms with Gasteiger partial charge in [0.2, 0.25) is 0 Å². The fourth-order valence-corrected chi connectivity index (χ4v) is 3.15. The summed E-state index contributed by atoms with van der Waals surface area (Å²) in [6.45, 7) is 6.52. The minimum Gasteiger partial charge on any atom is -0.378 e. The highest BCUT2D eigenvalue weighted by molar-refractivity contribution is 5.18. The van der Waals surface area contributed by atoms with E-state index in [1.807, 2.05) is 0 Å². The molecule has 20 heavy (non-hydrogen) atoms. The topological polar surface area (TPSA) is 21.3 Å². The predicted octanol–water partition coefficient (Wildman–Crippen LogP) is 4.32. The van der Waals surface area contributed by atoms with Gasteiger partial charge >= 0.3 is 0 Å². The third-order valence-corrected chi connectivity index (χ3v) is 4.42. The molecule has 3 unspecified atom stereocenters. The first-order valence-electron chi connectivity index (χ1n) is 8.25. The zero-order valence-electron chi connectivity index (χ0n) is 13.0. The molecule has 1 aromatic rings. The zero-order valence-corrected chi connectivity index (χ0v) is 13.0. The molecule has 1 heterocycles. The molecule has 1 saturated heterocycles. The van der Waals surface area contributed by atoms with Gasteiger partial charge in [-0.2, -0.15) is 0 Å². The van der Waals surface area contributed by atoms with Crippen molar-refractivity contribution in [1.82, 2.24) is 5.32 Å². The minimum atomic E-state index is 0.463. The quantitative estimate of drug-likeness (QED) is 0.763. The second-order valence-corrected chi connectivity index (χ2v) is 5.88. The van der Waals surface area contributed by atoms with Crippen LogP contribution in [0, 0.1) is 5.92 Å². The van der Waals surface area contributed by atoms with Crippen molar-refractivity contribution in [2.24, 2.45) is 5.92 Å². The summed E-state index contributed by atoms with van der Waals surface area (Å²) in [4.78, 5) is 0. The van der Waals surface area contributed by atoms with Crippen LogP contribution in [0.2, 0.25) is 0 Å². The molecule has 1 aliphatic rings. The van der Waals surface area contributed by atoms with Gasteiger partial charge in [0.05, 0.1) is 6.10 Å². The molecule has 2 rings (SSSR count). The van der Waals surface area contributed by atoms with Crippen LogP contribution in [0.5, 0.6) is 0 Å². The maximum absolute atomic E-state index is 5.79. The molecule has 1 aromatic carbocycles. The van der Waals surface area contributed by atoms with Gasteiger partial charge in [-0.05, 0) is 30.7 Å². The molecule has 112 valence electrons. The number of nitrogens with one attached hydrogen (secondary N) is 1. The average Bonchev–Trinajstić information content (AvgIpc) is 2.96. The molecule has 0 saturated carbocycles. The lowest BCUT2D eigenvalue weighted by Gasteiger charge is -2.23. The first-order chi connectivity index (χ1) is 9.85. The fourth-order valence-electron chi connectivity index (χ4n) is 3.15. The summed E-state index contributed by atoms with van der Waals surface area (Å²) in [7, 11) is 0. The van der Waals surface area contributed by atoms with Crippen LogP contribution in [0.25, 0.3) is 0 Å². The Morgan fingerprint density at radius 2 is 2.05 bits per heavy atom. The Kier molecular flexibility index (Phi) is 6.55. The van der Waals surface area contributed by atoms with Crippen LogP contribution in [0.15, 0.2) is 30.3 Å². The van der Waals surface area contributed by atoms with Crippen molar-refractivity contribution >= 4 is 0 Å². The third kappa shape index (κ3) is 4.32. The molecule has 3 atom stereocenters. The highest BCUT2D eigenvalue weighted by Crippen LogP contribution is 2.25. The number of rotatable bonds is 8. The molecular weight excluding hydrogens is 246 g/mol. The molecule has 1 fully saturated rings. The summed E-state index contributed by atoms with van der Waals surface area (Å²) in [5.41, 5.74) is 1.42. The van der Waals surface area contributed by atoms with E-state index in [0.29, 0.717) is 18.1 Å². The van der Waals surface area contributed by atoms with Crippen LogP contribution in [0.3, 0.4) is 0 Å². The molecule has 2 heteroatoms. The third-order valence-electron chi connectivity index (χ3n) is 4.42. The summed E-state index contributed by atoms with van der Waals surface area (Å²) < 4.78 is 5.79. The SMILES string of the molecule is CCCCC(NCC1CCOC1CC)c1ccccc1. The van der Waals surface area contributed by atoms with E-state index >= 15 is 0 Å². The van der Waals surface area contributed by atoms with Crippen LogP contribution < -0.4 is 5.32 Å². The van der Waals surface area contributed by atoms with Crippen LogP contribution in [0.1, 0.15) is 57.6 Å². The van der Waals surface area contributed by atoms with Crippen molar-refractivity contribution < 1.29 is 4.74 Å². The van der Waals surface area contributed by atoms with Crippen LogP contribution in [-0.2, 0) is 4.74 Å². The summed E-state index contributed by atoms with van der Waals surface area (Å²) in [5.74, 6) is 0.688. The molecule has 0 amide bonds. The summed E-state index contributed by atoms with van der Waals surface area (Å²) >= 11 is 0. The Morgan fingerprint density at radius 1 is 1.25 bits per heavy atom. The lowest BCUT2D eigenvalue weighted by molar-refractivity contribution is 0.0865. The van der Waals surface area contributed by atoms with E-state index in [-0.39, 0.29) is 0 Å². The van der Waals surface area contributed by atoms with Crippen molar-refractivity contribution in [2.45, 2.75) is 58.1 Å². The van der Waals surface area contributed by atoms with Gasteiger partial charge in [0.15, 0.2) is 0 Å². The normalized spacial score (nSPS) is 23.9. The smallest absolute Gasteiger partial charge is 0.0613 e. The van der Waals surface area contributed by atoms with Gasteiger partial charge in [0, 0.05) is 19.2 Å². The number of hydrogen-bond acceptors (Lipinski definition) is 2. The standard InChI is InChI=1S/C18H29NO/c1-3-5-11-17(15-9-7-6-8-10-15)19-14-16-12-13-20-18(16)4-2/h6-10,16-19H,3-5,11-14H2,1-2H3. The van der Waals surface area contributed by atoms with Gasteiger partial charge in [0.1, 0.15) is 0 Å². The molecular formula is C18H29NO. The second-order valence-electron chi connectivity index (χ2n) is 5.88. The number of unbranched alkanes of at least 4 members (excludes halogenated alkanes) is 1. The maximum Gasteiger partial charge on any atom is 0.0613 e. The minimum absolute atomic E-state index is 0.463. The van der Waals surface area contributed by atoms with Gasteiger partial charge in [-0.1, -0.05) is 57.0 Å². The van der Waals surface area contributed by atoms with E-state index in [9.17, 15) is 0 Å². The Hall–Kier alpha value is -0.860. The number of hydrogen-bond donors (Lipinski definition) is 1. The highest BCUT2D eigenvalue weighted by atomic mass is 16.5. The number of benzene rings is 1. The van der Waals surface area contributed by atoms with Crippen LogP contribution in [-0.4, -0.2) is 19.3 Å². The summed E-state index contributed by atoms with van der Waals surface area (Å²) in [5, 5.41) is 3.80. The lowest BCUT2D eigenvalue weighted by atomic mass is 9.97. The Balaban J connectivity index is 1.90. The van der Waals surface area contributed by atoms with E-state index in [1.54, 1.807) is 0 Å². The molecule has 0 spiro atoms. The summed E-state index contributed by atoms with van der Waals surface area (Å²) in [6.07, 6.45) is 6.58. The van der Waals surface area contributed by atoms with Crippen LogP contribution in [0.4, 0.5) is 0 Å². The first-order valence-corrected chi connectivity index (χ1v) is 8.25. The van der Waals surface area contributed by atoms with E-state index < -0.39 is 0 Å². The van der Waals surface area contributed by atoms with Gasteiger partial charge in [-0.15, -0.1) is 0 Å². The molecule has 0 bridgehead atoms. The van der Waals surface area contributed by atoms with Crippen molar-refractivity contribution in [3.05, 3.63) is 35.9 Å². The van der Waals surface area contributed by atoms with Gasteiger partial charge in [-0.25, -0.2) is 0 Å². The first kappa shape index (κ1) is 15.5. The van der Waals surface area contributed by atoms with Gasteiger partial charge in [-0.3, -0.25) is 0 Å². The molecule has 2 nitrogen and oxygen atoms in total. The molecule has 1 N–H and O–H groups in total. The molecule has 0 radical (unpaired) electrons. The van der Waals surface area contributed by atoms with Crippen molar-refractivity contribution in [2.75, 3.05) is 13.2 Å². The summed E-state index contributed by atoms with van der Waals surface area (Å²) in [6, 6.07) is 11.4.